The molecule has 0 aliphatic carbocycles. The fraction of sp³-hybridized carbons (Fsp3) is 0.750. The predicted octanol–water partition coefficient (Wildman–Crippen LogP) is 15.8. The van der Waals surface area contributed by atoms with E-state index in [1.807, 2.05) is 36.5 Å². The molecule has 0 aromatic rings. The Bertz CT molecular complexity index is 1150. The highest BCUT2D eigenvalue weighted by Gasteiger charge is 2.24. The van der Waals surface area contributed by atoms with Crippen molar-refractivity contribution in [1.29, 1.82) is 0 Å². The van der Waals surface area contributed by atoms with Gasteiger partial charge >= 0.3 is 5.97 Å². The minimum absolute atomic E-state index is 0.0524. The standard InChI is InChI=1S/C56H99NO5/c1-4-7-10-13-16-19-22-25-27-30-32-35-38-41-44-47-52(62-56(61)49-46-43-40-37-34-31-28-26-23-20-17-14-11-8-5-2)50-55(60)57-53(51-58)54(59)48-45-42-39-36-33-29-24-21-18-15-12-9-6-3/h8,11,14,17,20,23,25-28,31,34,52-54,58-59H,4-7,9-10,12-13,15-16,18-19,21-22,24,29-30,32-33,35-51H2,1-3H3,(H,57,60)/b11-8+,17-14+,23-20-,27-25+,28-26-,34-31+. The Morgan fingerprint density at radius 1 is 0.484 bits per heavy atom. The monoisotopic (exact) mass is 866 g/mol. The number of carbonyl (C=O) groups excluding carboxylic acids is 2. The Balaban J connectivity index is 4.68. The quantitative estimate of drug-likeness (QED) is 0.0245. The van der Waals surface area contributed by atoms with Crippen molar-refractivity contribution >= 4 is 11.9 Å². The molecule has 6 nitrogen and oxygen atoms in total. The number of amides is 1. The third kappa shape index (κ3) is 43.9. The molecular weight excluding hydrogens is 767 g/mol. The average Bonchev–Trinajstić information content (AvgIpc) is 3.26. The van der Waals surface area contributed by atoms with Gasteiger partial charge in [0, 0.05) is 6.42 Å². The van der Waals surface area contributed by atoms with Crippen molar-refractivity contribution in [1.82, 2.24) is 5.32 Å². The number of aliphatic hydroxyl groups is 2. The lowest BCUT2D eigenvalue weighted by atomic mass is 10.0. The molecule has 0 spiro atoms. The molecule has 3 N–H and O–H groups in total. The Hall–Kier alpha value is -2.70. The summed E-state index contributed by atoms with van der Waals surface area (Å²) in [5.74, 6) is -0.530. The minimum Gasteiger partial charge on any atom is -0.462 e. The number of aliphatic hydroxyl groups excluding tert-OH is 2. The number of rotatable bonds is 46. The third-order valence-corrected chi connectivity index (χ3v) is 11.6. The second kappa shape index (κ2) is 49.3. The van der Waals surface area contributed by atoms with Crippen LogP contribution in [0.4, 0.5) is 0 Å². The van der Waals surface area contributed by atoms with Gasteiger partial charge in [-0.3, -0.25) is 9.59 Å². The summed E-state index contributed by atoms with van der Waals surface area (Å²) in [6, 6.07) is -0.716. The van der Waals surface area contributed by atoms with Gasteiger partial charge in [0.1, 0.15) is 6.10 Å². The van der Waals surface area contributed by atoms with Gasteiger partial charge in [0.05, 0.1) is 25.2 Å². The average molecular weight is 866 g/mol. The van der Waals surface area contributed by atoms with E-state index in [0.29, 0.717) is 19.3 Å². The highest BCUT2D eigenvalue weighted by molar-refractivity contribution is 5.77. The molecule has 3 atom stereocenters. The summed E-state index contributed by atoms with van der Waals surface area (Å²) < 4.78 is 5.92. The summed E-state index contributed by atoms with van der Waals surface area (Å²) in [5, 5.41) is 23.8. The van der Waals surface area contributed by atoms with Gasteiger partial charge in [0.25, 0.3) is 0 Å². The fourth-order valence-electron chi connectivity index (χ4n) is 7.68. The number of hydrogen-bond acceptors (Lipinski definition) is 5. The predicted molar refractivity (Wildman–Crippen MR) is 268 cm³/mol. The van der Waals surface area contributed by atoms with Crippen LogP contribution in [0, 0.1) is 0 Å². The molecule has 1 amide bonds. The first-order valence-corrected chi connectivity index (χ1v) is 26.2. The summed E-state index contributed by atoms with van der Waals surface area (Å²) in [7, 11) is 0. The fourth-order valence-corrected chi connectivity index (χ4v) is 7.68. The van der Waals surface area contributed by atoms with Crippen molar-refractivity contribution in [2.24, 2.45) is 0 Å². The number of allylic oxidation sites excluding steroid dienone is 12. The van der Waals surface area contributed by atoms with E-state index in [1.165, 1.54) is 122 Å². The zero-order valence-electron chi connectivity index (χ0n) is 40.7. The lowest BCUT2D eigenvalue weighted by Crippen LogP contribution is -2.46. The third-order valence-electron chi connectivity index (χ3n) is 11.6. The molecular formula is C56H99NO5. The van der Waals surface area contributed by atoms with Crippen LogP contribution >= 0.6 is 0 Å². The summed E-state index contributed by atoms with van der Waals surface area (Å²) >= 11 is 0. The molecule has 0 bridgehead atoms. The van der Waals surface area contributed by atoms with Crippen molar-refractivity contribution in [3.8, 4) is 0 Å². The van der Waals surface area contributed by atoms with Gasteiger partial charge in [-0.05, 0) is 70.6 Å². The first-order chi connectivity index (χ1) is 30.5. The van der Waals surface area contributed by atoms with E-state index in [4.69, 9.17) is 4.74 Å². The van der Waals surface area contributed by atoms with Gasteiger partial charge in [-0.2, -0.15) is 0 Å². The smallest absolute Gasteiger partial charge is 0.306 e. The second-order valence-corrected chi connectivity index (χ2v) is 17.7. The minimum atomic E-state index is -0.800. The maximum absolute atomic E-state index is 13.2. The summed E-state index contributed by atoms with van der Waals surface area (Å²) in [6.45, 7) is 6.33. The molecule has 0 fully saturated rings. The number of carbonyl (C=O) groups is 2. The molecule has 0 radical (unpaired) electrons. The first kappa shape index (κ1) is 59.3. The second-order valence-electron chi connectivity index (χ2n) is 17.7. The highest BCUT2D eigenvalue weighted by atomic mass is 16.5. The van der Waals surface area contributed by atoms with Gasteiger partial charge < -0.3 is 20.3 Å². The van der Waals surface area contributed by atoms with Gasteiger partial charge in [-0.1, -0.05) is 235 Å². The molecule has 358 valence electrons. The molecule has 0 aliphatic rings. The van der Waals surface area contributed by atoms with E-state index in [9.17, 15) is 19.8 Å². The number of ether oxygens (including phenoxy) is 1. The van der Waals surface area contributed by atoms with Crippen LogP contribution in [0.2, 0.25) is 0 Å². The van der Waals surface area contributed by atoms with E-state index in [2.05, 4.69) is 62.5 Å². The number of nitrogens with one attached hydrogen (secondary N) is 1. The number of esters is 1. The molecule has 0 saturated heterocycles. The van der Waals surface area contributed by atoms with E-state index in [1.54, 1.807) is 0 Å². The largest absolute Gasteiger partial charge is 0.462 e. The van der Waals surface area contributed by atoms with Crippen molar-refractivity contribution < 1.29 is 24.5 Å². The first-order valence-electron chi connectivity index (χ1n) is 26.2. The van der Waals surface area contributed by atoms with Crippen molar-refractivity contribution in [3.63, 3.8) is 0 Å². The van der Waals surface area contributed by atoms with E-state index in [0.717, 1.165) is 77.0 Å². The van der Waals surface area contributed by atoms with Crippen LogP contribution in [-0.2, 0) is 14.3 Å². The van der Waals surface area contributed by atoms with E-state index >= 15 is 0 Å². The lowest BCUT2D eigenvalue weighted by Gasteiger charge is -2.24. The van der Waals surface area contributed by atoms with Crippen LogP contribution < -0.4 is 5.32 Å². The maximum atomic E-state index is 13.2. The zero-order valence-corrected chi connectivity index (χ0v) is 40.7. The molecule has 0 aromatic carbocycles. The number of unbranched alkanes of at least 4 members (excludes halogenated alkanes) is 26. The molecule has 0 aromatic heterocycles. The SMILES string of the molecule is CC/C=C/C=C/C=C\C=C/C=C/CCCCCC(=O)OC(CCCCCCC/C=C/CCCCCCCC)CC(=O)NC(CO)C(O)CCCCCCCCCCCCCCC. The van der Waals surface area contributed by atoms with Gasteiger partial charge in [0.15, 0.2) is 0 Å². The summed E-state index contributed by atoms with van der Waals surface area (Å²) in [5.41, 5.74) is 0. The number of hydrogen-bond donors (Lipinski definition) is 3. The summed E-state index contributed by atoms with van der Waals surface area (Å²) in [6.07, 6.45) is 62.4. The topological polar surface area (TPSA) is 95.9 Å². The molecule has 0 rings (SSSR count). The van der Waals surface area contributed by atoms with Crippen LogP contribution in [0.25, 0.3) is 0 Å². The van der Waals surface area contributed by atoms with E-state index in [-0.39, 0.29) is 24.9 Å². The molecule has 0 saturated carbocycles. The Kier molecular flexibility index (Phi) is 47.2. The van der Waals surface area contributed by atoms with Crippen LogP contribution in [0.15, 0.2) is 72.9 Å². The van der Waals surface area contributed by atoms with Gasteiger partial charge in [-0.15, -0.1) is 0 Å². The lowest BCUT2D eigenvalue weighted by molar-refractivity contribution is -0.151. The maximum Gasteiger partial charge on any atom is 0.306 e. The van der Waals surface area contributed by atoms with Gasteiger partial charge in [0.2, 0.25) is 5.91 Å². The molecule has 0 aliphatic heterocycles. The van der Waals surface area contributed by atoms with Crippen LogP contribution in [0.5, 0.6) is 0 Å². The Labute approximate surface area is 383 Å². The van der Waals surface area contributed by atoms with Crippen LogP contribution in [0.3, 0.4) is 0 Å². The van der Waals surface area contributed by atoms with Crippen molar-refractivity contribution in [3.05, 3.63) is 72.9 Å². The van der Waals surface area contributed by atoms with Crippen molar-refractivity contribution in [2.45, 2.75) is 264 Å². The Morgan fingerprint density at radius 2 is 0.887 bits per heavy atom. The van der Waals surface area contributed by atoms with Crippen molar-refractivity contribution in [2.75, 3.05) is 6.61 Å². The molecule has 3 unspecified atom stereocenters. The van der Waals surface area contributed by atoms with Crippen LogP contribution in [-0.4, -0.2) is 46.9 Å². The van der Waals surface area contributed by atoms with Gasteiger partial charge in [-0.25, -0.2) is 0 Å². The zero-order chi connectivity index (χ0) is 45.2. The highest BCUT2D eigenvalue weighted by Crippen LogP contribution is 2.18. The summed E-state index contributed by atoms with van der Waals surface area (Å²) in [4.78, 5) is 26.2. The Morgan fingerprint density at radius 3 is 1.37 bits per heavy atom. The van der Waals surface area contributed by atoms with Crippen LogP contribution in [0.1, 0.15) is 245 Å². The molecule has 6 heteroatoms. The van der Waals surface area contributed by atoms with E-state index < -0.39 is 18.2 Å². The molecule has 62 heavy (non-hydrogen) atoms. The normalized spacial score (nSPS) is 13.8. The molecule has 0 heterocycles.